The minimum absolute atomic E-state index is 0.112. The molecule has 0 saturated heterocycles. The van der Waals surface area contributed by atoms with Crippen molar-refractivity contribution in [2.75, 3.05) is 20.3 Å². The van der Waals surface area contributed by atoms with E-state index in [1.54, 1.807) is 13.3 Å². The van der Waals surface area contributed by atoms with E-state index in [-0.39, 0.29) is 10.5 Å². The highest BCUT2D eigenvalue weighted by Crippen LogP contribution is 2.28. The van der Waals surface area contributed by atoms with Gasteiger partial charge in [-0.3, -0.25) is 5.43 Å². The lowest BCUT2D eigenvalue weighted by Crippen LogP contribution is -2.23. The predicted octanol–water partition coefficient (Wildman–Crippen LogP) is 4.01. The number of nitrogens with two attached hydrogens (primary N) is 1. The molecule has 0 radical (unpaired) electrons. The van der Waals surface area contributed by atoms with Gasteiger partial charge in [0.1, 0.15) is 5.75 Å². The summed E-state index contributed by atoms with van der Waals surface area (Å²) in [6.07, 6.45) is 2.36. The summed E-state index contributed by atoms with van der Waals surface area (Å²) in [5.74, 6) is 2.16. The zero-order valence-corrected chi connectivity index (χ0v) is 18.2. The van der Waals surface area contributed by atoms with Crippen LogP contribution in [0.3, 0.4) is 0 Å². The topological polar surface area (TPSA) is 78.1 Å². The first-order valence-corrected chi connectivity index (χ1v) is 9.83. The summed E-state index contributed by atoms with van der Waals surface area (Å²) < 4.78 is 17.0. The zero-order valence-electron chi connectivity index (χ0n) is 17.4. The van der Waals surface area contributed by atoms with Gasteiger partial charge in [-0.2, -0.15) is 5.10 Å². The van der Waals surface area contributed by atoms with Crippen LogP contribution in [0.1, 0.15) is 38.3 Å². The van der Waals surface area contributed by atoms with Gasteiger partial charge < -0.3 is 19.9 Å². The van der Waals surface area contributed by atoms with Crippen molar-refractivity contribution in [2.24, 2.45) is 10.8 Å². The van der Waals surface area contributed by atoms with Gasteiger partial charge in [0.05, 0.1) is 26.5 Å². The molecule has 0 atom stereocenters. The van der Waals surface area contributed by atoms with Gasteiger partial charge in [0.25, 0.3) is 0 Å². The largest absolute Gasteiger partial charge is 0.493 e. The van der Waals surface area contributed by atoms with Crippen molar-refractivity contribution >= 4 is 23.5 Å². The second kappa shape index (κ2) is 10.7. The quantitative estimate of drug-likeness (QED) is 0.279. The van der Waals surface area contributed by atoms with Crippen molar-refractivity contribution in [1.82, 2.24) is 5.43 Å². The summed E-state index contributed by atoms with van der Waals surface area (Å²) in [5, 5.41) is 4.04. The zero-order chi connectivity index (χ0) is 21.3. The lowest BCUT2D eigenvalue weighted by atomic mass is 9.87. The molecule has 2 aromatic rings. The van der Waals surface area contributed by atoms with Crippen LogP contribution in [0.4, 0.5) is 0 Å². The van der Waals surface area contributed by atoms with Crippen LogP contribution in [0.15, 0.2) is 47.6 Å². The monoisotopic (exact) mass is 415 g/mol. The van der Waals surface area contributed by atoms with E-state index in [9.17, 15) is 0 Å². The summed E-state index contributed by atoms with van der Waals surface area (Å²) in [4.78, 5) is 0. The molecule has 0 saturated carbocycles. The molecule has 6 nitrogen and oxygen atoms in total. The van der Waals surface area contributed by atoms with Crippen molar-refractivity contribution in [2.45, 2.75) is 32.6 Å². The molecule has 0 heterocycles. The van der Waals surface area contributed by atoms with Gasteiger partial charge in [0.15, 0.2) is 16.6 Å². The Balaban J connectivity index is 1.79. The summed E-state index contributed by atoms with van der Waals surface area (Å²) in [7, 11) is 1.60. The van der Waals surface area contributed by atoms with Gasteiger partial charge in [-0.05, 0) is 59.1 Å². The maximum Gasteiger partial charge on any atom is 0.184 e. The Morgan fingerprint density at radius 1 is 1.07 bits per heavy atom. The van der Waals surface area contributed by atoms with Crippen LogP contribution in [-0.2, 0) is 5.41 Å². The third-order valence-corrected chi connectivity index (χ3v) is 4.20. The first-order chi connectivity index (χ1) is 13.8. The van der Waals surface area contributed by atoms with Crippen molar-refractivity contribution in [3.63, 3.8) is 0 Å². The molecule has 0 aromatic heterocycles. The van der Waals surface area contributed by atoms with Gasteiger partial charge in [-0.1, -0.05) is 32.9 Å². The van der Waals surface area contributed by atoms with E-state index in [0.717, 1.165) is 17.7 Å². The van der Waals surface area contributed by atoms with Crippen molar-refractivity contribution in [3.8, 4) is 17.2 Å². The SMILES string of the molecule is COc1cc(/C=N/NC(N)=S)ccc1OCCCOc1ccc(C(C)(C)C)cc1. The third kappa shape index (κ3) is 7.62. The summed E-state index contributed by atoms with van der Waals surface area (Å²) >= 11 is 4.70. The Hall–Kier alpha value is -2.80. The normalized spacial score (nSPS) is 11.3. The number of rotatable bonds is 9. The maximum atomic E-state index is 5.82. The molecule has 0 aliphatic rings. The lowest BCUT2D eigenvalue weighted by Gasteiger charge is -2.19. The standard InChI is InChI=1S/C22H29N3O3S/c1-22(2,3)17-7-9-18(10-8-17)27-12-5-13-28-19-11-6-16(14-20(19)26-4)15-24-25-21(23)29/h6-11,14-15H,5,12-13H2,1-4H3,(H3,23,25,29)/b24-15+. The molecular weight excluding hydrogens is 386 g/mol. The fourth-order valence-corrected chi connectivity index (χ4v) is 2.59. The fraction of sp³-hybridized carbons (Fsp3) is 0.364. The third-order valence-electron chi connectivity index (χ3n) is 4.11. The average molecular weight is 416 g/mol. The molecule has 0 aliphatic carbocycles. The van der Waals surface area contributed by atoms with Crippen LogP contribution >= 0.6 is 12.2 Å². The maximum absolute atomic E-state index is 5.82. The highest BCUT2D eigenvalue weighted by atomic mass is 32.1. The first-order valence-electron chi connectivity index (χ1n) is 9.42. The molecule has 0 amide bonds. The Morgan fingerprint density at radius 2 is 1.76 bits per heavy atom. The average Bonchev–Trinajstić information content (AvgIpc) is 2.67. The summed E-state index contributed by atoms with van der Waals surface area (Å²) in [6.45, 7) is 7.68. The number of nitrogens with zero attached hydrogens (tertiary/aromatic N) is 1. The van der Waals surface area contributed by atoms with Gasteiger partial charge in [-0.25, -0.2) is 0 Å². The number of ether oxygens (including phenoxy) is 3. The molecule has 0 spiro atoms. The van der Waals surface area contributed by atoms with Crippen molar-refractivity contribution < 1.29 is 14.2 Å². The summed E-state index contributed by atoms with van der Waals surface area (Å²) in [6, 6.07) is 13.8. The van der Waals surface area contributed by atoms with E-state index in [4.69, 9.17) is 32.2 Å². The van der Waals surface area contributed by atoms with E-state index in [1.807, 2.05) is 30.3 Å². The Bertz CT molecular complexity index is 830. The fourth-order valence-electron chi connectivity index (χ4n) is 2.54. The molecule has 3 N–H and O–H groups in total. The molecular formula is C22H29N3O3S. The van der Waals surface area contributed by atoms with Crippen molar-refractivity contribution in [3.05, 3.63) is 53.6 Å². The van der Waals surface area contributed by atoms with Gasteiger partial charge in [0, 0.05) is 6.42 Å². The van der Waals surface area contributed by atoms with Crippen molar-refractivity contribution in [1.29, 1.82) is 0 Å². The van der Waals surface area contributed by atoms with Gasteiger partial charge in [-0.15, -0.1) is 0 Å². The van der Waals surface area contributed by atoms with Gasteiger partial charge in [0.2, 0.25) is 0 Å². The molecule has 7 heteroatoms. The highest BCUT2D eigenvalue weighted by molar-refractivity contribution is 7.80. The second-order valence-corrected chi connectivity index (χ2v) is 7.91. The molecule has 0 bridgehead atoms. The number of hydrogen-bond acceptors (Lipinski definition) is 5. The number of nitrogens with one attached hydrogen (secondary N) is 1. The molecule has 29 heavy (non-hydrogen) atoms. The highest BCUT2D eigenvalue weighted by Gasteiger charge is 2.13. The van der Waals surface area contributed by atoms with E-state index >= 15 is 0 Å². The number of methoxy groups -OCH3 is 1. The number of hydrazone groups is 1. The van der Waals surface area contributed by atoms with E-state index < -0.39 is 0 Å². The Kier molecular flexibility index (Phi) is 8.27. The van der Waals surface area contributed by atoms with Crippen LogP contribution in [0.25, 0.3) is 0 Å². The van der Waals surface area contributed by atoms with Crippen LogP contribution in [0, 0.1) is 0 Å². The smallest absolute Gasteiger partial charge is 0.184 e. The number of hydrogen-bond donors (Lipinski definition) is 2. The second-order valence-electron chi connectivity index (χ2n) is 7.47. The van der Waals surface area contributed by atoms with Crippen LogP contribution in [0.5, 0.6) is 17.2 Å². The Labute approximate surface area is 178 Å². The first kappa shape index (κ1) is 22.5. The summed E-state index contributed by atoms with van der Waals surface area (Å²) in [5.41, 5.74) is 10.1. The number of thiocarbonyl (C=S) groups is 1. The minimum Gasteiger partial charge on any atom is -0.493 e. The minimum atomic E-state index is 0.112. The molecule has 2 rings (SSSR count). The van der Waals surface area contributed by atoms with Crippen LogP contribution in [0.2, 0.25) is 0 Å². The predicted molar refractivity (Wildman–Crippen MR) is 121 cm³/mol. The van der Waals surface area contributed by atoms with Gasteiger partial charge >= 0.3 is 0 Å². The van der Waals surface area contributed by atoms with E-state index in [0.29, 0.717) is 24.7 Å². The molecule has 2 aromatic carbocycles. The molecule has 156 valence electrons. The lowest BCUT2D eigenvalue weighted by molar-refractivity contribution is 0.240. The van der Waals surface area contributed by atoms with Crippen LogP contribution < -0.4 is 25.4 Å². The number of benzene rings is 2. The molecule has 0 fully saturated rings. The Morgan fingerprint density at radius 3 is 2.38 bits per heavy atom. The van der Waals surface area contributed by atoms with E-state index in [1.165, 1.54) is 5.56 Å². The molecule has 0 unspecified atom stereocenters. The molecule has 0 aliphatic heterocycles. The van der Waals surface area contributed by atoms with Crippen LogP contribution in [-0.4, -0.2) is 31.7 Å². The van der Waals surface area contributed by atoms with E-state index in [2.05, 4.69) is 43.4 Å².